The maximum atomic E-state index is 12.7. The molecule has 0 bridgehead atoms. The normalized spacial score (nSPS) is 18.1. The number of nitrogens with one attached hydrogen (secondary N) is 1. The molecule has 0 radical (unpaired) electrons. The van der Waals surface area contributed by atoms with Crippen molar-refractivity contribution in [1.82, 2.24) is 10.2 Å². The fraction of sp³-hybridized carbons (Fsp3) is 0.643. The van der Waals surface area contributed by atoms with Crippen LogP contribution in [0.1, 0.15) is 12.8 Å². The van der Waals surface area contributed by atoms with E-state index in [-0.39, 0.29) is 11.3 Å². The Hall–Kier alpha value is -1.13. The average molecular weight is 252 g/mol. The molecule has 1 saturated heterocycles. The first-order valence-electron chi connectivity index (χ1n) is 6.41. The van der Waals surface area contributed by atoms with Gasteiger partial charge in [-0.15, -0.1) is 13.2 Å². The van der Waals surface area contributed by atoms with Crippen LogP contribution in [0.3, 0.4) is 0 Å². The van der Waals surface area contributed by atoms with Gasteiger partial charge in [-0.2, -0.15) is 0 Å². The van der Waals surface area contributed by atoms with Crippen molar-refractivity contribution < 1.29 is 9.53 Å². The molecule has 0 aromatic carbocycles. The number of methoxy groups -OCH3 is 1. The third-order valence-corrected chi connectivity index (χ3v) is 3.42. The van der Waals surface area contributed by atoms with Gasteiger partial charge >= 0.3 is 0 Å². The number of hydrogen-bond donors (Lipinski definition) is 1. The SMILES string of the molecule is C=CCN(CC=C)C(=O)C1(COC)CCNCC1. The van der Waals surface area contributed by atoms with Crippen molar-refractivity contribution in [3.8, 4) is 0 Å². The molecule has 0 atom stereocenters. The van der Waals surface area contributed by atoms with Gasteiger partial charge in [-0.1, -0.05) is 12.2 Å². The van der Waals surface area contributed by atoms with Crippen LogP contribution in [-0.2, 0) is 9.53 Å². The van der Waals surface area contributed by atoms with Crippen LogP contribution in [-0.4, -0.2) is 50.7 Å². The van der Waals surface area contributed by atoms with Gasteiger partial charge in [0.1, 0.15) is 0 Å². The summed E-state index contributed by atoms with van der Waals surface area (Å²) in [5, 5.41) is 3.29. The van der Waals surface area contributed by atoms with Crippen molar-refractivity contribution in [3.63, 3.8) is 0 Å². The molecule has 1 aliphatic heterocycles. The van der Waals surface area contributed by atoms with Gasteiger partial charge in [0.15, 0.2) is 0 Å². The number of hydrogen-bond acceptors (Lipinski definition) is 3. The van der Waals surface area contributed by atoms with Crippen LogP contribution in [0.25, 0.3) is 0 Å². The molecule has 0 saturated carbocycles. The standard InChI is InChI=1S/C14H24N2O2/c1-4-10-16(11-5-2)13(17)14(12-18-3)6-8-15-9-7-14/h4-5,15H,1-2,6-12H2,3H3. The zero-order valence-corrected chi connectivity index (χ0v) is 11.3. The molecule has 1 N–H and O–H groups in total. The lowest BCUT2D eigenvalue weighted by Gasteiger charge is -2.39. The van der Waals surface area contributed by atoms with Gasteiger partial charge in [-0.05, 0) is 25.9 Å². The van der Waals surface area contributed by atoms with Gasteiger partial charge in [0.05, 0.1) is 12.0 Å². The molecular weight excluding hydrogens is 228 g/mol. The van der Waals surface area contributed by atoms with E-state index in [1.54, 1.807) is 24.2 Å². The molecular formula is C14H24N2O2. The summed E-state index contributed by atoms with van der Waals surface area (Å²) in [5.74, 6) is 0.158. The van der Waals surface area contributed by atoms with E-state index < -0.39 is 0 Å². The zero-order chi connectivity index (χ0) is 13.4. The molecule has 1 aliphatic rings. The van der Waals surface area contributed by atoms with Gasteiger partial charge in [0.2, 0.25) is 5.91 Å². The van der Waals surface area contributed by atoms with E-state index in [4.69, 9.17) is 4.74 Å². The Morgan fingerprint density at radius 3 is 2.33 bits per heavy atom. The number of carbonyl (C=O) groups is 1. The Balaban J connectivity index is 2.84. The summed E-state index contributed by atoms with van der Waals surface area (Å²) in [6.45, 7) is 10.7. The van der Waals surface area contributed by atoms with Gasteiger partial charge in [0, 0.05) is 20.2 Å². The molecule has 18 heavy (non-hydrogen) atoms. The highest BCUT2D eigenvalue weighted by molar-refractivity contribution is 5.83. The van der Waals surface area contributed by atoms with Crippen molar-refractivity contribution in [2.75, 3.05) is 39.9 Å². The Morgan fingerprint density at radius 1 is 1.33 bits per heavy atom. The highest BCUT2D eigenvalue weighted by Crippen LogP contribution is 2.31. The van der Waals surface area contributed by atoms with Crippen molar-refractivity contribution in [1.29, 1.82) is 0 Å². The fourth-order valence-corrected chi connectivity index (χ4v) is 2.49. The molecule has 0 spiro atoms. The van der Waals surface area contributed by atoms with E-state index in [2.05, 4.69) is 18.5 Å². The molecule has 4 heteroatoms. The summed E-state index contributed by atoms with van der Waals surface area (Å²) in [6.07, 6.45) is 5.15. The summed E-state index contributed by atoms with van der Waals surface area (Å²) < 4.78 is 5.29. The lowest BCUT2D eigenvalue weighted by atomic mass is 9.78. The predicted molar refractivity (Wildman–Crippen MR) is 73.4 cm³/mol. The first kappa shape index (κ1) is 14.9. The van der Waals surface area contributed by atoms with Gasteiger partial charge < -0.3 is 15.0 Å². The van der Waals surface area contributed by atoms with E-state index in [9.17, 15) is 4.79 Å². The minimum absolute atomic E-state index is 0.158. The van der Waals surface area contributed by atoms with Crippen LogP contribution in [0.2, 0.25) is 0 Å². The predicted octanol–water partition coefficient (Wildman–Crippen LogP) is 1.20. The van der Waals surface area contributed by atoms with Crippen LogP contribution in [0.15, 0.2) is 25.3 Å². The van der Waals surface area contributed by atoms with Gasteiger partial charge in [0.25, 0.3) is 0 Å². The number of carbonyl (C=O) groups excluding carboxylic acids is 1. The molecule has 1 fully saturated rings. The van der Waals surface area contributed by atoms with Crippen LogP contribution in [0, 0.1) is 5.41 Å². The maximum absolute atomic E-state index is 12.7. The number of ether oxygens (including phenoxy) is 1. The lowest BCUT2D eigenvalue weighted by molar-refractivity contribution is -0.146. The average Bonchev–Trinajstić information content (AvgIpc) is 2.39. The number of amides is 1. The van der Waals surface area contributed by atoms with Gasteiger partial charge in [-0.25, -0.2) is 0 Å². The summed E-state index contributed by atoms with van der Waals surface area (Å²) in [5.41, 5.74) is -0.383. The first-order valence-corrected chi connectivity index (χ1v) is 6.41. The molecule has 0 aliphatic carbocycles. The highest BCUT2D eigenvalue weighted by Gasteiger charge is 2.41. The Kier molecular flexibility index (Phi) is 6.09. The number of nitrogens with zero attached hydrogens (tertiary/aromatic N) is 1. The maximum Gasteiger partial charge on any atom is 0.231 e. The van der Waals surface area contributed by atoms with Crippen molar-refractivity contribution >= 4 is 5.91 Å². The number of piperidine rings is 1. The first-order chi connectivity index (χ1) is 8.70. The topological polar surface area (TPSA) is 41.6 Å². The second-order valence-electron chi connectivity index (χ2n) is 4.75. The zero-order valence-electron chi connectivity index (χ0n) is 11.3. The Labute approximate surface area is 110 Å². The number of rotatable bonds is 7. The summed E-state index contributed by atoms with van der Waals surface area (Å²) in [6, 6.07) is 0. The largest absolute Gasteiger partial charge is 0.384 e. The van der Waals surface area contributed by atoms with Crippen LogP contribution in [0.4, 0.5) is 0 Å². The smallest absolute Gasteiger partial charge is 0.231 e. The summed E-state index contributed by atoms with van der Waals surface area (Å²) in [4.78, 5) is 14.5. The molecule has 4 nitrogen and oxygen atoms in total. The van der Waals surface area contributed by atoms with Crippen LogP contribution < -0.4 is 5.32 Å². The van der Waals surface area contributed by atoms with Gasteiger partial charge in [-0.3, -0.25) is 4.79 Å². The minimum atomic E-state index is -0.383. The lowest BCUT2D eigenvalue weighted by Crippen LogP contribution is -2.51. The Morgan fingerprint density at radius 2 is 1.89 bits per heavy atom. The van der Waals surface area contributed by atoms with E-state index in [0.717, 1.165) is 25.9 Å². The van der Waals surface area contributed by atoms with E-state index in [1.807, 2.05) is 0 Å². The van der Waals surface area contributed by atoms with Crippen molar-refractivity contribution in [2.24, 2.45) is 5.41 Å². The third-order valence-electron chi connectivity index (χ3n) is 3.42. The summed E-state index contributed by atoms with van der Waals surface area (Å²) in [7, 11) is 1.66. The van der Waals surface area contributed by atoms with Crippen LogP contribution in [0.5, 0.6) is 0 Å². The second kappa shape index (κ2) is 7.34. The van der Waals surface area contributed by atoms with E-state index in [1.165, 1.54) is 0 Å². The molecule has 102 valence electrons. The third kappa shape index (κ3) is 3.43. The molecule has 0 unspecified atom stereocenters. The van der Waals surface area contributed by atoms with Crippen LogP contribution >= 0.6 is 0 Å². The van der Waals surface area contributed by atoms with Crippen molar-refractivity contribution in [3.05, 3.63) is 25.3 Å². The Bertz CT molecular complexity index is 281. The quantitative estimate of drug-likeness (QED) is 0.692. The molecule has 1 rings (SSSR count). The minimum Gasteiger partial charge on any atom is -0.384 e. The van der Waals surface area contributed by atoms with E-state index >= 15 is 0 Å². The molecule has 1 heterocycles. The fourth-order valence-electron chi connectivity index (χ4n) is 2.49. The monoisotopic (exact) mass is 252 g/mol. The summed E-state index contributed by atoms with van der Waals surface area (Å²) >= 11 is 0. The van der Waals surface area contributed by atoms with Crippen molar-refractivity contribution in [2.45, 2.75) is 12.8 Å². The molecule has 0 aromatic heterocycles. The van der Waals surface area contributed by atoms with E-state index in [0.29, 0.717) is 19.7 Å². The molecule has 0 aromatic rings. The highest BCUT2D eigenvalue weighted by atomic mass is 16.5. The molecule has 1 amide bonds. The second-order valence-corrected chi connectivity index (χ2v) is 4.75.